The molecule has 6 nitrogen and oxygen atoms in total. The lowest BCUT2D eigenvalue weighted by Gasteiger charge is -2.08. The minimum atomic E-state index is 0.467. The number of benzene rings is 1. The standard InChI is InChI=1S/C16H17ClN6S/c1-11-14(9-18-22(11)2)19-16(24)20-15-7-8-23(21-15)10-12-5-3-4-6-13(12)17/h3-9H,10H2,1-2H3,(H2,19,20,21,24). The third kappa shape index (κ3) is 3.74. The first-order valence-corrected chi connectivity index (χ1v) is 8.15. The average Bonchev–Trinajstić information content (AvgIpc) is 3.11. The summed E-state index contributed by atoms with van der Waals surface area (Å²) in [6.07, 6.45) is 3.61. The van der Waals surface area contributed by atoms with Crippen molar-refractivity contribution in [3.8, 4) is 0 Å². The van der Waals surface area contributed by atoms with Crippen molar-refractivity contribution in [2.24, 2.45) is 7.05 Å². The molecule has 0 aliphatic heterocycles. The molecule has 0 unspecified atom stereocenters. The van der Waals surface area contributed by atoms with Gasteiger partial charge in [0.15, 0.2) is 10.9 Å². The summed E-state index contributed by atoms with van der Waals surface area (Å²) in [6.45, 7) is 2.57. The molecule has 24 heavy (non-hydrogen) atoms. The van der Waals surface area contributed by atoms with Crippen LogP contribution in [-0.2, 0) is 13.6 Å². The van der Waals surface area contributed by atoms with Crippen LogP contribution in [0.5, 0.6) is 0 Å². The number of halogens is 1. The Hall–Kier alpha value is -2.38. The molecule has 2 N–H and O–H groups in total. The molecule has 0 saturated heterocycles. The number of hydrogen-bond acceptors (Lipinski definition) is 3. The number of nitrogens with one attached hydrogen (secondary N) is 2. The topological polar surface area (TPSA) is 59.7 Å². The average molecular weight is 361 g/mol. The lowest BCUT2D eigenvalue weighted by atomic mass is 10.2. The third-order valence-corrected chi connectivity index (χ3v) is 4.23. The number of anilines is 2. The largest absolute Gasteiger partial charge is 0.330 e. The van der Waals surface area contributed by atoms with E-state index in [0.29, 0.717) is 17.5 Å². The van der Waals surface area contributed by atoms with Gasteiger partial charge in [0.1, 0.15) is 0 Å². The SMILES string of the molecule is Cc1c(NC(=S)Nc2ccn(Cc3ccccc3Cl)n2)cnn1C. The maximum atomic E-state index is 6.18. The zero-order valence-electron chi connectivity index (χ0n) is 13.3. The van der Waals surface area contributed by atoms with Crippen LogP contribution in [0.15, 0.2) is 42.7 Å². The molecule has 0 spiro atoms. The summed E-state index contributed by atoms with van der Waals surface area (Å²) in [5.41, 5.74) is 2.88. The highest BCUT2D eigenvalue weighted by Gasteiger charge is 2.07. The van der Waals surface area contributed by atoms with E-state index in [-0.39, 0.29) is 0 Å². The third-order valence-electron chi connectivity index (χ3n) is 3.66. The van der Waals surface area contributed by atoms with Crippen molar-refractivity contribution in [2.45, 2.75) is 13.5 Å². The first-order chi connectivity index (χ1) is 11.5. The van der Waals surface area contributed by atoms with Gasteiger partial charge in [0.2, 0.25) is 0 Å². The highest BCUT2D eigenvalue weighted by Crippen LogP contribution is 2.17. The number of rotatable bonds is 4. The van der Waals surface area contributed by atoms with E-state index in [9.17, 15) is 0 Å². The number of hydrogen-bond donors (Lipinski definition) is 2. The molecule has 8 heteroatoms. The van der Waals surface area contributed by atoms with Crippen LogP contribution in [0, 0.1) is 6.92 Å². The first kappa shape index (κ1) is 16.5. The Morgan fingerprint density at radius 3 is 2.75 bits per heavy atom. The van der Waals surface area contributed by atoms with E-state index in [1.54, 1.807) is 10.9 Å². The van der Waals surface area contributed by atoms with Crippen molar-refractivity contribution in [1.29, 1.82) is 0 Å². The summed E-state index contributed by atoms with van der Waals surface area (Å²) in [6, 6.07) is 9.58. The van der Waals surface area contributed by atoms with Gasteiger partial charge < -0.3 is 10.6 Å². The Labute approximate surface area is 150 Å². The Morgan fingerprint density at radius 1 is 1.25 bits per heavy atom. The molecule has 3 aromatic rings. The summed E-state index contributed by atoms with van der Waals surface area (Å²) in [5.74, 6) is 0.668. The van der Waals surface area contributed by atoms with Crippen LogP contribution >= 0.6 is 23.8 Å². The normalized spacial score (nSPS) is 10.6. The fourth-order valence-electron chi connectivity index (χ4n) is 2.21. The van der Waals surface area contributed by atoms with E-state index in [1.807, 2.05) is 55.2 Å². The van der Waals surface area contributed by atoms with Crippen molar-refractivity contribution in [2.75, 3.05) is 10.6 Å². The Balaban J connectivity index is 1.62. The number of aryl methyl sites for hydroxylation is 1. The van der Waals surface area contributed by atoms with Crippen molar-refractivity contribution in [1.82, 2.24) is 19.6 Å². The maximum absolute atomic E-state index is 6.18. The van der Waals surface area contributed by atoms with Gasteiger partial charge in [0, 0.05) is 24.3 Å². The summed E-state index contributed by atoms with van der Waals surface area (Å²) in [5, 5.41) is 16.0. The number of aromatic nitrogens is 4. The molecule has 0 atom stereocenters. The van der Waals surface area contributed by atoms with Gasteiger partial charge in [-0.15, -0.1) is 0 Å². The van der Waals surface area contributed by atoms with E-state index in [4.69, 9.17) is 23.8 Å². The predicted molar refractivity (Wildman–Crippen MR) is 101 cm³/mol. The van der Waals surface area contributed by atoms with Gasteiger partial charge in [-0.25, -0.2) is 0 Å². The van der Waals surface area contributed by atoms with Crippen LogP contribution in [-0.4, -0.2) is 24.7 Å². The van der Waals surface area contributed by atoms with Crippen LogP contribution in [0.25, 0.3) is 0 Å². The molecular weight excluding hydrogens is 344 g/mol. The van der Waals surface area contributed by atoms with E-state index in [2.05, 4.69) is 20.8 Å². The van der Waals surface area contributed by atoms with Gasteiger partial charge in [0.05, 0.1) is 24.1 Å². The molecule has 0 fully saturated rings. The highest BCUT2D eigenvalue weighted by molar-refractivity contribution is 7.80. The molecule has 0 bridgehead atoms. The molecule has 0 amide bonds. The summed E-state index contributed by atoms with van der Waals surface area (Å²) in [4.78, 5) is 0. The van der Waals surface area contributed by atoms with Crippen LogP contribution < -0.4 is 10.6 Å². The second kappa shape index (κ2) is 7.02. The lowest BCUT2D eigenvalue weighted by Crippen LogP contribution is -2.20. The molecule has 0 aliphatic carbocycles. The van der Waals surface area contributed by atoms with Gasteiger partial charge in [0.25, 0.3) is 0 Å². The number of nitrogens with zero attached hydrogens (tertiary/aromatic N) is 4. The van der Waals surface area contributed by atoms with Gasteiger partial charge in [-0.2, -0.15) is 10.2 Å². The van der Waals surface area contributed by atoms with Crippen LogP contribution in [0.4, 0.5) is 11.5 Å². The molecule has 1 aromatic carbocycles. The zero-order valence-corrected chi connectivity index (χ0v) is 14.9. The van der Waals surface area contributed by atoms with Crippen LogP contribution in [0.1, 0.15) is 11.3 Å². The number of thiocarbonyl (C=S) groups is 1. The monoisotopic (exact) mass is 360 g/mol. The Bertz CT molecular complexity index is 869. The summed E-state index contributed by atoms with van der Waals surface area (Å²) in [7, 11) is 1.88. The van der Waals surface area contributed by atoms with E-state index in [1.165, 1.54) is 0 Å². The van der Waals surface area contributed by atoms with Crippen molar-refractivity contribution >= 4 is 40.4 Å². The Kier molecular flexibility index (Phi) is 4.82. The molecule has 0 radical (unpaired) electrons. The molecule has 3 rings (SSSR count). The van der Waals surface area contributed by atoms with Crippen LogP contribution in [0.3, 0.4) is 0 Å². The van der Waals surface area contributed by atoms with Crippen LogP contribution in [0.2, 0.25) is 5.02 Å². The minimum absolute atomic E-state index is 0.467. The fraction of sp³-hybridized carbons (Fsp3) is 0.188. The van der Waals surface area contributed by atoms with E-state index in [0.717, 1.165) is 22.0 Å². The van der Waals surface area contributed by atoms with Gasteiger partial charge in [-0.3, -0.25) is 9.36 Å². The second-order valence-electron chi connectivity index (χ2n) is 5.34. The van der Waals surface area contributed by atoms with Crippen molar-refractivity contribution < 1.29 is 0 Å². The van der Waals surface area contributed by atoms with E-state index < -0.39 is 0 Å². The fourth-order valence-corrected chi connectivity index (χ4v) is 2.62. The summed E-state index contributed by atoms with van der Waals surface area (Å²) >= 11 is 11.5. The molecule has 2 heterocycles. The van der Waals surface area contributed by atoms with Gasteiger partial charge in [-0.05, 0) is 30.8 Å². The molecule has 0 saturated carbocycles. The molecular formula is C16H17ClN6S. The quantitative estimate of drug-likeness (QED) is 0.698. The van der Waals surface area contributed by atoms with Gasteiger partial charge >= 0.3 is 0 Å². The molecule has 124 valence electrons. The van der Waals surface area contributed by atoms with Crippen molar-refractivity contribution in [3.63, 3.8) is 0 Å². The zero-order chi connectivity index (χ0) is 17.1. The smallest absolute Gasteiger partial charge is 0.176 e. The molecule has 0 aliphatic rings. The first-order valence-electron chi connectivity index (χ1n) is 7.36. The maximum Gasteiger partial charge on any atom is 0.176 e. The van der Waals surface area contributed by atoms with Gasteiger partial charge in [-0.1, -0.05) is 29.8 Å². The Morgan fingerprint density at radius 2 is 2.04 bits per heavy atom. The molecule has 2 aromatic heterocycles. The second-order valence-corrected chi connectivity index (χ2v) is 6.15. The van der Waals surface area contributed by atoms with Crippen molar-refractivity contribution in [3.05, 3.63) is 59.0 Å². The van der Waals surface area contributed by atoms with E-state index >= 15 is 0 Å². The summed E-state index contributed by atoms with van der Waals surface area (Å²) < 4.78 is 3.59. The lowest BCUT2D eigenvalue weighted by molar-refractivity contribution is 0.690. The highest BCUT2D eigenvalue weighted by atomic mass is 35.5. The minimum Gasteiger partial charge on any atom is -0.330 e. The predicted octanol–water partition coefficient (Wildman–Crippen LogP) is 3.44.